The highest BCUT2D eigenvalue weighted by Crippen LogP contribution is 2.37. The first-order valence-electron chi connectivity index (χ1n) is 9.86. The zero-order valence-electron chi connectivity index (χ0n) is 15.5. The molecule has 1 amide bonds. The average Bonchev–Trinajstić information content (AvgIpc) is 3.43. The molecular weight excluding hydrogens is 354 g/mol. The first-order valence-corrected chi connectivity index (χ1v) is 10.7. The number of carbonyl (C=O) groups excluding carboxylic acids is 1. The van der Waals surface area contributed by atoms with E-state index in [0.717, 1.165) is 37.2 Å². The summed E-state index contributed by atoms with van der Waals surface area (Å²) in [5, 5.41) is 12.3. The van der Waals surface area contributed by atoms with Crippen molar-refractivity contribution < 1.29 is 4.79 Å². The molecule has 2 aromatic rings. The highest BCUT2D eigenvalue weighted by molar-refractivity contribution is 7.14. The van der Waals surface area contributed by atoms with E-state index in [-0.39, 0.29) is 5.91 Å². The van der Waals surface area contributed by atoms with Crippen molar-refractivity contribution in [2.24, 2.45) is 0 Å². The fourth-order valence-electron chi connectivity index (χ4n) is 4.29. The van der Waals surface area contributed by atoms with Crippen LogP contribution in [0, 0.1) is 11.3 Å². The third-order valence-corrected chi connectivity index (χ3v) is 6.86. The molecule has 0 bridgehead atoms. The lowest BCUT2D eigenvalue weighted by Crippen LogP contribution is -2.31. The normalized spacial score (nSPS) is 20.6. The molecule has 27 heavy (non-hydrogen) atoms. The van der Waals surface area contributed by atoms with Gasteiger partial charge in [0.2, 0.25) is 0 Å². The molecule has 1 aromatic carbocycles. The summed E-state index contributed by atoms with van der Waals surface area (Å²) in [7, 11) is 0. The molecule has 0 spiro atoms. The molecule has 2 heterocycles. The molecule has 5 heteroatoms. The first kappa shape index (κ1) is 18.2. The number of thiophene rings is 1. The Bertz CT molecular complexity index is 847. The smallest absolute Gasteiger partial charge is 0.261 e. The largest absolute Gasteiger partial charge is 0.349 e. The predicted molar refractivity (Wildman–Crippen MR) is 108 cm³/mol. The Morgan fingerprint density at radius 2 is 2.04 bits per heavy atom. The quantitative estimate of drug-likeness (QED) is 0.824. The van der Waals surface area contributed by atoms with E-state index in [1.165, 1.54) is 29.7 Å². The fraction of sp³-hybridized carbons (Fsp3) is 0.455. The van der Waals surface area contributed by atoms with Gasteiger partial charge in [-0.2, -0.15) is 5.26 Å². The Labute approximate surface area is 164 Å². The topological polar surface area (TPSA) is 56.1 Å². The highest BCUT2D eigenvalue weighted by Gasteiger charge is 2.28. The van der Waals surface area contributed by atoms with E-state index < -0.39 is 0 Å². The number of hydrogen-bond donors (Lipinski definition) is 1. The van der Waals surface area contributed by atoms with E-state index in [9.17, 15) is 4.79 Å². The summed E-state index contributed by atoms with van der Waals surface area (Å²) >= 11 is 1.64. The lowest BCUT2D eigenvalue weighted by molar-refractivity contribution is 0.0942. The molecule has 1 saturated heterocycles. The minimum Gasteiger partial charge on any atom is -0.349 e. The van der Waals surface area contributed by atoms with E-state index in [1.54, 1.807) is 11.3 Å². The van der Waals surface area contributed by atoms with Gasteiger partial charge in [-0.25, -0.2) is 0 Å². The van der Waals surface area contributed by atoms with E-state index in [4.69, 9.17) is 5.26 Å². The van der Waals surface area contributed by atoms with Crippen LogP contribution in [-0.4, -0.2) is 23.4 Å². The Balaban J connectivity index is 1.43. The maximum absolute atomic E-state index is 12.5. The Kier molecular flexibility index (Phi) is 5.56. The first-order chi connectivity index (χ1) is 13.2. The van der Waals surface area contributed by atoms with Crippen LogP contribution >= 0.6 is 11.3 Å². The van der Waals surface area contributed by atoms with Crippen molar-refractivity contribution in [1.29, 1.82) is 5.26 Å². The Morgan fingerprint density at radius 3 is 2.85 bits per heavy atom. The lowest BCUT2D eigenvalue weighted by Gasteiger charge is -2.23. The van der Waals surface area contributed by atoms with Crippen molar-refractivity contribution in [3.05, 3.63) is 57.3 Å². The number of nitrogens with zero attached hydrogens (tertiary/aromatic N) is 2. The number of nitrogens with one attached hydrogen (secondary N) is 1. The number of benzene rings is 1. The molecule has 4 rings (SSSR count). The van der Waals surface area contributed by atoms with Crippen LogP contribution in [0.3, 0.4) is 0 Å². The molecule has 1 atom stereocenters. The summed E-state index contributed by atoms with van der Waals surface area (Å²) in [5.74, 6) is 0.0874. The van der Waals surface area contributed by atoms with E-state index >= 15 is 0 Å². The minimum absolute atomic E-state index is 0.0874. The van der Waals surface area contributed by atoms with Crippen LogP contribution in [0.4, 0.5) is 0 Å². The molecule has 1 aromatic heterocycles. The molecule has 1 saturated carbocycles. The number of likely N-dealkylation sites (tertiary alicyclic amines) is 1. The molecule has 1 aliphatic carbocycles. The minimum atomic E-state index is 0.0874. The number of nitriles is 1. The second-order valence-electron chi connectivity index (χ2n) is 7.60. The molecule has 1 unspecified atom stereocenters. The second-order valence-corrected chi connectivity index (χ2v) is 8.71. The summed E-state index contributed by atoms with van der Waals surface area (Å²) in [4.78, 5) is 17.1. The number of hydrogen-bond acceptors (Lipinski definition) is 4. The maximum Gasteiger partial charge on any atom is 0.261 e. The number of carbonyl (C=O) groups is 1. The van der Waals surface area contributed by atoms with Crippen molar-refractivity contribution in [1.82, 2.24) is 10.2 Å². The van der Waals surface area contributed by atoms with Gasteiger partial charge in [0.05, 0.1) is 16.5 Å². The SMILES string of the molecule is N#Cc1cccc(CN2CCCC2c2ccc(C(=O)NC3CCCC3)s2)c1. The van der Waals surface area contributed by atoms with Gasteiger partial charge >= 0.3 is 0 Å². The zero-order valence-corrected chi connectivity index (χ0v) is 16.3. The monoisotopic (exact) mass is 379 g/mol. The third kappa shape index (κ3) is 4.23. The molecular formula is C22H25N3OS. The molecule has 2 fully saturated rings. The van der Waals surface area contributed by atoms with Gasteiger partial charge in [0.25, 0.3) is 5.91 Å². The van der Waals surface area contributed by atoms with Crippen LogP contribution in [-0.2, 0) is 6.54 Å². The van der Waals surface area contributed by atoms with Crippen molar-refractivity contribution in [2.75, 3.05) is 6.54 Å². The summed E-state index contributed by atoms with van der Waals surface area (Å²) < 4.78 is 0. The average molecular weight is 380 g/mol. The van der Waals surface area contributed by atoms with Crippen molar-refractivity contribution in [2.45, 2.75) is 57.2 Å². The van der Waals surface area contributed by atoms with Gasteiger partial charge in [-0.15, -0.1) is 11.3 Å². The van der Waals surface area contributed by atoms with Crippen LogP contribution in [0.15, 0.2) is 36.4 Å². The van der Waals surface area contributed by atoms with Crippen molar-refractivity contribution >= 4 is 17.2 Å². The fourth-order valence-corrected chi connectivity index (χ4v) is 5.37. The summed E-state index contributed by atoms with van der Waals surface area (Å²) in [6.45, 7) is 1.91. The van der Waals surface area contributed by atoms with Crippen LogP contribution in [0.25, 0.3) is 0 Å². The van der Waals surface area contributed by atoms with E-state index in [2.05, 4.69) is 28.4 Å². The van der Waals surface area contributed by atoms with Gasteiger partial charge in [0, 0.05) is 23.5 Å². The van der Waals surface area contributed by atoms with Crippen LogP contribution in [0.5, 0.6) is 0 Å². The second kappa shape index (κ2) is 8.24. The Hall–Kier alpha value is -2.16. The summed E-state index contributed by atoms with van der Waals surface area (Å²) in [6.07, 6.45) is 6.98. The van der Waals surface area contributed by atoms with Gasteiger partial charge in [-0.1, -0.05) is 25.0 Å². The zero-order chi connectivity index (χ0) is 18.6. The van der Waals surface area contributed by atoms with Crippen LogP contribution in [0.1, 0.15) is 70.2 Å². The van der Waals surface area contributed by atoms with E-state index in [0.29, 0.717) is 17.6 Å². The highest BCUT2D eigenvalue weighted by atomic mass is 32.1. The predicted octanol–water partition coefficient (Wildman–Crippen LogP) is 4.63. The summed E-state index contributed by atoms with van der Waals surface area (Å²) in [6, 6.07) is 14.9. The van der Waals surface area contributed by atoms with Gasteiger partial charge in [-0.3, -0.25) is 9.69 Å². The maximum atomic E-state index is 12.5. The lowest BCUT2D eigenvalue weighted by atomic mass is 10.1. The van der Waals surface area contributed by atoms with Gasteiger partial charge in [0.15, 0.2) is 0 Å². The third-order valence-electron chi connectivity index (χ3n) is 5.67. The molecule has 0 radical (unpaired) electrons. The van der Waals surface area contributed by atoms with Gasteiger partial charge in [0.1, 0.15) is 0 Å². The molecule has 1 N–H and O–H groups in total. The molecule has 1 aliphatic heterocycles. The van der Waals surface area contributed by atoms with Crippen molar-refractivity contribution in [3.8, 4) is 6.07 Å². The van der Waals surface area contributed by atoms with Gasteiger partial charge < -0.3 is 5.32 Å². The molecule has 4 nitrogen and oxygen atoms in total. The van der Waals surface area contributed by atoms with Crippen LogP contribution in [0.2, 0.25) is 0 Å². The van der Waals surface area contributed by atoms with Crippen LogP contribution < -0.4 is 5.32 Å². The number of rotatable bonds is 5. The van der Waals surface area contributed by atoms with Crippen molar-refractivity contribution in [3.63, 3.8) is 0 Å². The molecule has 2 aliphatic rings. The number of amides is 1. The standard InChI is InChI=1S/C22H25N3OS/c23-14-16-5-3-6-17(13-16)15-25-12-4-9-19(25)20-10-11-21(27-20)22(26)24-18-7-1-2-8-18/h3,5-6,10-11,13,18-19H,1-2,4,7-9,12,15H2,(H,24,26). The summed E-state index contributed by atoms with van der Waals surface area (Å²) in [5.41, 5.74) is 1.89. The van der Waals surface area contributed by atoms with Gasteiger partial charge in [-0.05, 0) is 62.1 Å². The van der Waals surface area contributed by atoms with E-state index in [1.807, 2.05) is 24.3 Å². The Morgan fingerprint density at radius 1 is 1.19 bits per heavy atom. The molecule has 140 valence electrons.